The summed E-state index contributed by atoms with van der Waals surface area (Å²) in [6, 6.07) is 4.38. The molecule has 5 nitrogen and oxygen atoms in total. The molecular weight excluding hydrogens is 239 g/mol. The first kappa shape index (κ1) is 12.0. The van der Waals surface area contributed by atoms with E-state index in [0.717, 1.165) is 6.20 Å². The predicted octanol–water partition coefficient (Wildman–Crippen LogP) is 1.58. The Bertz CT molecular complexity index is 679. The number of aromatic carboxylic acids is 1. The third kappa shape index (κ3) is 2.13. The number of aryl methyl sites for hydroxylation is 1. The maximum atomic E-state index is 13.4. The Labute approximate surface area is 101 Å². The second-order valence-corrected chi connectivity index (χ2v) is 3.74. The number of carboxylic acids is 1. The van der Waals surface area contributed by atoms with Crippen LogP contribution in [-0.4, -0.2) is 21.0 Å². The molecule has 0 atom stereocenters. The van der Waals surface area contributed by atoms with E-state index in [-0.39, 0.29) is 5.82 Å². The maximum absolute atomic E-state index is 13.4. The van der Waals surface area contributed by atoms with Crippen LogP contribution in [0.1, 0.15) is 15.9 Å². The summed E-state index contributed by atoms with van der Waals surface area (Å²) in [5.74, 6) is -1.65. The standard InChI is InChI=1S/C12H9FN2O3/c1-6-2-3-7(4-9(6)13)10-14-5-8(12(17)18)11(16)15-10/h2-5H,1H3,(H,17,18)(H,14,15,16). The Hall–Kier alpha value is -2.50. The molecule has 1 aromatic carbocycles. The van der Waals surface area contributed by atoms with Crippen LogP contribution in [0.25, 0.3) is 11.4 Å². The normalized spacial score (nSPS) is 10.3. The fraction of sp³-hybridized carbons (Fsp3) is 0.0833. The van der Waals surface area contributed by atoms with Gasteiger partial charge in [0.2, 0.25) is 0 Å². The van der Waals surface area contributed by atoms with Gasteiger partial charge < -0.3 is 10.1 Å². The summed E-state index contributed by atoms with van der Waals surface area (Å²) < 4.78 is 13.4. The van der Waals surface area contributed by atoms with Crippen LogP contribution in [0, 0.1) is 12.7 Å². The zero-order valence-corrected chi connectivity index (χ0v) is 9.40. The number of hydrogen-bond acceptors (Lipinski definition) is 3. The highest BCUT2D eigenvalue weighted by Crippen LogP contribution is 2.17. The quantitative estimate of drug-likeness (QED) is 0.845. The van der Waals surface area contributed by atoms with Crippen molar-refractivity contribution in [2.24, 2.45) is 0 Å². The minimum Gasteiger partial charge on any atom is -0.477 e. The number of nitrogens with one attached hydrogen (secondary N) is 1. The van der Waals surface area contributed by atoms with Gasteiger partial charge >= 0.3 is 5.97 Å². The first-order valence-corrected chi connectivity index (χ1v) is 5.08. The summed E-state index contributed by atoms with van der Waals surface area (Å²) in [6.45, 7) is 1.61. The molecule has 0 aliphatic carbocycles. The average molecular weight is 248 g/mol. The Morgan fingerprint density at radius 2 is 2.17 bits per heavy atom. The van der Waals surface area contributed by atoms with Gasteiger partial charge in [-0.25, -0.2) is 14.2 Å². The van der Waals surface area contributed by atoms with Gasteiger partial charge in [0.15, 0.2) is 0 Å². The molecule has 0 fully saturated rings. The smallest absolute Gasteiger partial charge is 0.342 e. The molecule has 2 rings (SSSR count). The zero-order valence-electron chi connectivity index (χ0n) is 9.40. The second-order valence-electron chi connectivity index (χ2n) is 3.74. The second kappa shape index (κ2) is 4.40. The molecule has 0 unspecified atom stereocenters. The Balaban J connectivity index is 2.52. The number of rotatable bonds is 2. The summed E-state index contributed by atoms with van der Waals surface area (Å²) in [7, 11) is 0. The van der Waals surface area contributed by atoms with Gasteiger partial charge in [-0.3, -0.25) is 4.79 Å². The van der Waals surface area contributed by atoms with Crippen LogP contribution in [0.4, 0.5) is 4.39 Å². The van der Waals surface area contributed by atoms with Crippen LogP contribution in [0.3, 0.4) is 0 Å². The SMILES string of the molecule is Cc1ccc(-c2ncc(C(=O)O)c(=O)[nH]2)cc1F. The summed E-state index contributed by atoms with van der Waals surface area (Å²) in [5, 5.41) is 8.69. The molecule has 0 radical (unpaired) electrons. The van der Waals surface area contributed by atoms with Gasteiger partial charge in [0.25, 0.3) is 5.56 Å². The van der Waals surface area contributed by atoms with E-state index in [4.69, 9.17) is 5.11 Å². The van der Waals surface area contributed by atoms with Crippen LogP contribution in [-0.2, 0) is 0 Å². The number of nitrogens with zero attached hydrogens (tertiary/aromatic N) is 1. The molecule has 92 valence electrons. The molecular formula is C12H9FN2O3. The van der Waals surface area contributed by atoms with Gasteiger partial charge in [-0.15, -0.1) is 0 Å². The van der Waals surface area contributed by atoms with Crippen molar-refractivity contribution in [2.75, 3.05) is 0 Å². The van der Waals surface area contributed by atoms with Crippen LogP contribution >= 0.6 is 0 Å². The van der Waals surface area contributed by atoms with E-state index in [0.29, 0.717) is 11.1 Å². The summed E-state index contributed by atoms with van der Waals surface area (Å²) in [5.41, 5.74) is -0.366. The lowest BCUT2D eigenvalue weighted by atomic mass is 10.1. The van der Waals surface area contributed by atoms with Crippen molar-refractivity contribution in [3.05, 3.63) is 51.7 Å². The highest BCUT2D eigenvalue weighted by Gasteiger charge is 2.11. The number of aromatic nitrogens is 2. The van der Waals surface area contributed by atoms with Gasteiger partial charge in [0, 0.05) is 11.8 Å². The molecule has 0 saturated carbocycles. The largest absolute Gasteiger partial charge is 0.477 e. The lowest BCUT2D eigenvalue weighted by Gasteiger charge is -2.03. The van der Waals surface area contributed by atoms with Gasteiger partial charge in [-0.2, -0.15) is 0 Å². The van der Waals surface area contributed by atoms with Crippen LogP contribution in [0.5, 0.6) is 0 Å². The van der Waals surface area contributed by atoms with Crippen molar-refractivity contribution in [2.45, 2.75) is 6.92 Å². The van der Waals surface area contributed by atoms with Crippen molar-refractivity contribution in [1.29, 1.82) is 0 Å². The summed E-state index contributed by atoms with van der Waals surface area (Å²) in [4.78, 5) is 28.2. The predicted molar refractivity (Wildman–Crippen MR) is 61.9 cm³/mol. The molecule has 0 aliphatic heterocycles. The molecule has 0 saturated heterocycles. The molecule has 1 heterocycles. The molecule has 0 spiro atoms. The lowest BCUT2D eigenvalue weighted by Crippen LogP contribution is -2.18. The van der Waals surface area contributed by atoms with Gasteiger partial charge in [-0.05, 0) is 18.6 Å². The fourth-order valence-electron chi connectivity index (χ4n) is 1.43. The molecule has 1 aromatic heterocycles. The summed E-state index contributed by atoms with van der Waals surface area (Å²) in [6.07, 6.45) is 0.953. The molecule has 2 aromatic rings. The molecule has 6 heteroatoms. The van der Waals surface area contributed by atoms with E-state index in [1.807, 2.05) is 0 Å². The van der Waals surface area contributed by atoms with Crippen molar-refractivity contribution in [3.63, 3.8) is 0 Å². The Morgan fingerprint density at radius 1 is 1.44 bits per heavy atom. The highest BCUT2D eigenvalue weighted by molar-refractivity contribution is 5.86. The average Bonchev–Trinajstić information content (AvgIpc) is 2.32. The number of carbonyl (C=O) groups is 1. The number of hydrogen-bond donors (Lipinski definition) is 2. The van der Waals surface area contributed by atoms with Crippen molar-refractivity contribution < 1.29 is 14.3 Å². The Morgan fingerprint density at radius 3 is 2.72 bits per heavy atom. The lowest BCUT2D eigenvalue weighted by molar-refractivity contribution is 0.0694. The number of halogens is 1. The number of H-pyrrole nitrogens is 1. The van der Waals surface area contributed by atoms with Crippen LogP contribution in [0.15, 0.2) is 29.2 Å². The Kier molecular flexibility index (Phi) is 2.93. The molecule has 0 aliphatic rings. The summed E-state index contributed by atoms with van der Waals surface area (Å²) >= 11 is 0. The van der Waals surface area contributed by atoms with E-state index in [1.54, 1.807) is 19.1 Å². The minimum atomic E-state index is -1.36. The van der Waals surface area contributed by atoms with Crippen LogP contribution in [0.2, 0.25) is 0 Å². The van der Waals surface area contributed by atoms with E-state index >= 15 is 0 Å². The van der Waals surface area contributed by atoms with Crippen molar-refractivity contribution >= 4 is 5.97 Å². The van der Waals surface area contributed by atoms with Gasteiger partial charge in [0.05, 0.1) is 0 Å². The number of aromatic amines is 1. The maximum Gasteiger partial charge on any atom is 0.342 e. The van der Waals surface area contributed by atoms with E-state index in [1.165, 1.54) is 6.07 Å². The van der Waals surface area contributed by atoms with Crippen molar-refractivity contribution in [3.8, 4) is 11.4 Å². The topological polar surface area (TPSA) is 83.0 Å². The number of benzene rings is 1. The minimum absolute atomic E-state index is 0.129. The molecule has 2 N–H and O–H groups in total. The molecule has 0 amide bonds. The third-order valence-corrected chi connectivity index (χ3v) is 2.47. The van der Waals surface area contributed by atoms with E-state index in [2.05, 4.69) is 9.97 Å². The molecule has 0 bridgehead atoms. The third-order valence-electron chi connectivity index (χ3n) is 2.47. The first-order chi connectivity index (χ1) is 8.49. The van der Waals surface area contributed by atoms with Crippen LogP contribution < -0.4 is 5.56 Å². The van der Waals surface area contributed by atoms with Crippen molar-refractivity contribution in [1.82, 2.24) is 9.97 Å². The fourth-order valence-corrected chi connectivity index (χ4v) is 1.43. The van der Waals surface area contributed by atoms with E-state index < -0.39 is 22.9 Å². The molecule has 18 heavy (non-hydrogen) atoms. The van der Waals surface area contributed by atoms with E-state index in [9.17, 15) is 14.0 Å². The number of carboxylic acid groups (broad SMARTS) is 1. The van der Waals surface area contributed by atoms with Gasteiger partial charge in [0.1, 0.15) is 17.2 Å². The highest BCUT2D eigenvalue weighted by atomic mass is 19.1. The first-order valence-electron chi connectivity index (χ1n) is 5.08. The monoisotopic (exact) mass is 248 g/mol. The van der Waals surface area contributed by atoms with Gasteiger partial charge in [-0.1, -0.05) is 12.1 Å². The zero-order chi connectivity index (χ0) is 13.3.